The second kappa shape index (κ2) is 7.21. The molecule has 1 aromatic rings. The highest BCUT2D eigenvalue weighted by Crippen LogP contribution is 2.20. The third kappa shape index (κ3) is 4.47. The molecule has 0 aliphatic heterocycles. The minimum absolute atomic E-state index is 0.0227. The average molecular weight is 303 g/mol. The van der Waals surface area contributed by atoms with Crippen molar-refractivity contribution in [3.05, 3.63) is 34.6 Å². The molecule has 1 unspecified atom stereocenters. The summed E-state index contributed by atoms with van der Waals surface area (Å²) in [6.45, 7) is -0.0227. The lowest BCUT2D eigenvalue weighted by atomic mass is 10.1. The van der Waals surface area contributed by atoms with Crippen molar-refractivity contribution in [1.82, 2.24) is 4.90 Å². The van der Waals surface area contributed by atoms with Gasteiger partial charge in [-0.1, -0.05) is 17.7 Å². The van der Waals surface area contributed by atoms with Crippen molar-refractivity contribution in [3.8, 4) is 0 Å². The maximum Gasteiger partial charge on any atom is 0.303 e. The number of carboxylic acid groups (broad SMARTS) is 1. The van der Waals surface area contributed by atoms with E-state index in [2.05, 4.69) is 0 Å². The third-order valence-corrected chi connectivity index (χ3v) is 3.17. The normalized spacial score (nSPS) is 12.0. The molecular weight excluding hydrogens is 287 g/mol. The van der Waals surface area contributed by atoms with Crippen LogP contribution >= 0.6 is 11.6 Å². The Bertz CT molecular complexity index is 490. The summed E-state index contributed by atoms with van der Waals surface area (Å²) in [6.07, 6.45) is -0.162. The van der Waals surface area contributed by atoms with Crippen LogP contribution in [0.15, 0.2) is 18.2 Å². The number of nitrogens with zero attached hydrogens (tertiary/aromatic N) is 1. The summed E-state index contributed by atoms with van der Waals surface area (Å²) in [5, 5.41) is 8.77. The summed E-state index contributed by atoms with van der Waals surface area (Å²) in [4.78, 5) is 23.6. The quantitative estimate of drug-likeness (QED) is 0.836. The lowest BCUT2D eigenvalue weighted by Crippen LogP contribution is -2.41. The molecule has 0 aliphatic rings. The molecule has 5 nitrogen and oxygen atoms in total. The molecule has 7 heteroatoms. The van der Waals surface area contributed by atoms with Gasteiger partial charge in [0, 0.05) is 30.6 Å². The van der Waals surface area contributed by atoms with Crippen LogP contribution < -0.4 is 5.73 Å². The van der Waals surface area contributed by atoms with Gasteiger partial charge in [0.25, 0.3) is 0 Å². The smallest absolute Gasteiger partial charge is 0.303 e. The van der Waals surface area contributed by atoms with E-state index in [1.165, 1.54) is 30.1 Å². The zero-order valence-electron chi connectivity index (χ0n) is 11.0. The number of likely N-dealkylation sites (N-methyl/N-ethyl adjacent to an activating group) is 1. The zero-order valence-corrected chi connectivity index (χ0v) is 11.7. The zero-order chi connectivity index (χ0) is 15.3. The Labute approximate surface area is 121 Å². The van der Waals surface area contributed by atoms with Crippen LogP contribution in [0.2, 0.25) is 5.02 Å². The first-order valence-electron chi connectivity index (χ1n) is 5.98. The second-order valence-electron chi connectivity index (χ2n) is 4.43. The fourth-order valence-electron chi connectivity index (χ4n) is 1.68. The maximum atomic E-state index is 13.6. The Morgan fingerprint density at radius 3 is 2.70 bits per heavy atom. The van der Waals surface area contributed by atoms with Gasteiger partial charge in [0.1, 0.15) is 5.82 Å². The van der Waals surface area contributed by atoms with Crippen molar-refractivity contribution in [2.45, 2.75) is 25.4 Å². The first-order valence-corrected chi connectivity index (χ1v) is 6.36. The molecule has 0 saturated heterocycles. The number of hydrogen-bond acceptors (Lipinski definition) is 3. The van der Waals surface area contributed by atoms with E-state index >= 15 is 0 Å². The van der Waals surface area contributed by atoms with Crippen LogP contribution in [0.5, 0.6) is 0 Å². The summed E-state index contributed by atoms with van der Waals surface area (Å²) in [7, 11) is 1.46. The van der Waals surface area contributed by atoms with Gasteiger partial charge in [0.15, 0.2) is 0 Å². The highest BCUT2D eigenvalue weighted by molar-refractivity contribution is 6.31. The van der Waals surface area contributed by atoms with Crippen LogP contribution in [0, 0.1) is 5.82 Å². The van der Waals surface area contributed by atoms with Gasteiger partial charge >= 0.3 is 5.97 Å². The average Bonchev–Trinajstić information content (AvgIpc) is 2.39. The van der Waals surface area contributed by atoms with Crippen molar-refractivity contribution in [2.24, 2.45) is 5.73 Å². The Morgan fingerprint density at radius 2 is 2.15 bits per heavy atom. The molecule has 0 spiro atoms. The molecule has 0 heterocycles. The van der Waals surface area contributed by atoms with Crippen molar-refractivity contribution in [3.63, 3.8) is 0 Å². The summed E-state index contributed by atoms with van der Waals surface area (Å²) < 4.78 is 13.6. The Kier molecular flexibility index (Phi) is 5.91. The Balaban J connectivity index is 2.68. The molecule has 20 heavy (non-hydrogen) atoms. The summed E-state index contributed by atoms with van der Waals surface area (Å²) >= 11 is 5.87. The molecule has 0 aliphatic carbocycles. The molecule has 0 bridgehead atoms. The molecule has 3 N–H and O–H groups in total. The van der Waals surface area contributed by atoms with Gasteiger partial charge in [-0.3, -0.25) is 9.59 Å². The number of carboxylic acids is 1. The third-order valence-electron chi connectivity index (χ3n) is 2.82. The van der Waals surface area contributed by atoms with Crippen molar-refractivity contribution in [1.29, 1.82) is 0 Å². The highest BCUT2D eigenvalue weighted by atomic mass is 35.5. The lowest BCUT2D eigenvalue weighted by Gasteiger charge is -2.21. The van der Waals surface area contributed by atoms with Gasteiger partial charge < -0.3 is 15.7 Å². The van der Waals surface area contributed by atoms with E-state index in [1.54, 1.807) is 0 Å². The van der Waals surface area contributed by atoms with E-state index in [0.29, 0.717) is 0 Å². The molecule has 1 rings (SSSR count). The van der Waals surface area contributed by atoms with E-state index in [0.717, 1.165) is 0 Å². The molecule has 110 valence electrons. The summed E-state index contributed by atoms with van der Waals surface area (Å²) in [5.41, 5.74) is 5.82. The molecular formula is C13H16ClFN2O3. The molecule has 0 fully saturated rings. The predicted octanol–water partition coefficient (Wildman–Crippen LogP) is 1.63. The molecule has 1 amide bonds. The monoisotopic (exact) mass is 302 g/mol. The van der Waals surface area contributed by atoms with E-state index in [1.807, 2.05) is 0 Å². The minimum atomic E-state index is -1.02. The van der Waals surface area contributed by atoms with Crippen molar-refractivity contribution >= 4 is 23.5 Å². The van der Waals surface area contributed by atoms with Crippen LogP contribution in [-0.4, -0.2) is 35.0 Å². The Morgan fingerprint density at radius 1 is 1.50 bits per heavy atom. The standard InChI is InChI=1S/C13H16ClFN2O3/c1-17(13(20)11(16)5-6-12(18)19)7-8-9(14)3-2-4-10(8)15/h2-4,11H,5-7,16H2,1H3,(H,18,19). The van der Waals surface area contributed by atoms with E-state index in [9.17, 15) is 14.0 Å². The number of amides is 1. The van der Waals surface area contributed by atoms with Gasteiger partial charge in [0.2, 0.25) is 5.91 Å². The van der Waals surface area contributed by atoms with E-state index in [-0.39, 0.29) is 30.0 Å². The SMILES string of the molecule is CN(Cc1c(F)cccc1Cl)C(=O)C(N)CCC(=O)O. The minimum Gasteiger partial charge on any atom is -0.481 e. The van der Waals surface area contributed by atoms with Gasteiger partial charge in [-0.05, 0) is 18.6 Å². The van der Waals surface area contributed by atoms with Gasteiger partial charge in [-0.15, -0.1) is 0 Å². The predicted molar refractivity (Wildman–Crippen MR) is 72.7 cm³/mol. The number of hydrogen-bond donors (Lipinski definition) is 2. The number of nitrogens with two attached hydrogens (primary N) is 1. The number of aliphatic carboxylic acids is 1. The molecule has 0 radical (unpaired) electrons. The maximum absolute atomic E-state index is 13.6. The van der Waals surface area contributed by atoms with Crippen LogP contribution in [0.4, 0.5) is 4.39 Å². The van der Waals surface area contributed by atoms with E-state index in [4.69, 9.17) is 22.4 Å². The lowest BCUT2D eigenvalue weighted by molar-refractivity contribution is -0.137. The van der Waals surface area contributed by atoms with Crippen LogP contribution in [-0.2, 0) is 16.1 Å². The fraction of sp³-hybridized carbons (Fsp3) is 0.385. The van der Waals surface area contributed by atoms with Gasteiger partial charge in [-0.2, -0.15) is 0 Å². The van der Waals surface area contributed by atoms with Crippen LogP contribution in [0.1, 0.15) is 18.4 Å². The second-order valence-corrected chi connectivity index (χ2v) is 4.84. The largest absolute Gasteiger partial charge is 0.481 e. The van der Waals surface area contributed by atoms with Gasteiger partial charge in [0.05, 0.1) is 6.04 Å². The molecule has 0 saturated carbocycles. The number of benzene rings is 1. The molecule has 0 aromatic heterocycles. The van der Waals surface area contributed by atoms with Crippen molar-refractivity contribution in [2.75, 3.05) is 7.05 Å². The molecule has 1 aromatic carbocycles. The fourth-order valence-corrected chi connectivity index (χ4v) is 1.91. The summed E-state index contributed by atoms with van der Waals surface area (Å²) in [5.74, 6) is -1.98. The topological polar surface area (TPSA) is 83.6 Å². The van der Waals surface area contributed by atoms with Crippen LogP contribution in [0.3, 0.4) is 0 Å². The number of carbonyl (C=O) groups excluding carboxylic acids is 1. The van der Waals surface area contributed by atoms with Gasteiger partial charge in [-0.25, -0.2) is 4.39 Å². The first kappa shape index (κ1) is 16.4. The summed E-state index contributed by atoms with van der Waals surface area (Å²) in [6, 6.07) is 3.33. The van der Waals surface area contributed by atoms with E-state index < -0.39 is 23.7 Å². The number of rotatable bonds is 6. The highest BCUT2D eigenvalue weighted by Gasteiger charge is 2.20. The molecule has 1 atom stereocenters. The van der Waals surface area contributed by atoms with Crippen LogP contribution in [0.25, 0.3) is 0 Å². The number of carbonyl (C=O) groups is 2. The number of halogens is 2. The first-order chi connectivity index (χ1) is 9.32. The Hall–Kier alpha value is -1.66. The van der Waals surface area contributed by atoms with Crippen molar-refractivity contribution < 1.29 is 19.1 Å².